The van der Waals surface area contributed by atoms with Crippen molar-refractivity contribution in [2.45, 2.75) is 19.8 Å². The highest BCUT2D eigenvalue weighted by atomic mass is 15.5. The number of hydrazine groups is 1. The molecule has 0 aromatic heterocycles. The lowest BCUT2D eigenvalue weighted by Crippen LogP contribution is -2.37. The molecule has 1 aliphatic rings. The third kappa shape index (κ3) is 2.48. The highest BCUT2D eigenvalue weighted by molar-refractivity contribution is 5.41. The average Bonchev–Trinajstić information content (AvgIpc) is 2.23. The number of nitrogens with one attached hydrogen (secondary N) is 1. The van der Waals surface area contributed by atoms with Crippen LogP contribution in [-0.2, 0) is 0 Å². The van der Waals surface area contributed by atoms with Crippen LogP contribution >= 0.6 is 0 Å². The van der Waals surface area contributed by atoms with Gasteiger partial charge in [-0.1, -0.05) is 25.1 Å². The molecule has 0 spiro atoms. The Morgan fingerprint density at radius 3 is 2.43 bits per heavy atom. The molecule has 2 nitrogen and oxygen atoms in total. The Morgan fingerprint density at radius 1 is 1.14 bits per heavy atom. The minimum Gasteiger partial charge on any atom is -0.319 e. The summed E-state index contributed by atoms with van der Waals surface area (Å²) in [4.78, 5) is 0. The van der Waals surface area contributed by atoms with Gasteiger partial charge in [-0.05, 0) is 30.9 Å². The van der Waals surface area contributed by atoms with Gasteiger partial charge in [0.25, 0.3) is 0 Å². The Hall–Kier alpha value is -1.02. The summed E-state index contributed by atoms with van der Waals surface area (Å²) in [7, 11) is 0. The van der Waals surface area contributed by atoms with E-state index in [1.807, 2.05) is 6.07 Å². The summed E-state index contributed by atoms with van der Waals surface area (Å²) in [5, 5.41) is 2.31. The molecule has 1 N–H and O–H groups in total. The zero-order chi connectivity index (χ0) is 9.80. The second-order valence-electron chi connectivity index (χ2n) is 4.15. The Kier molecular flexibility index (Phi) is 3.04. The molecular formula is C12H18N2. The van der Waals surface area contributed by atoms with E-state index in [9.17, 15) is 0 Å². The summed E-state index contributed by atoms with van der Waals surface area (Å²) in [6.07, 6.45) is 2.61. The molecule has 14 heavy (non-hydrogen) atoms. The van der Waals surface area contributed by atoms with Crippen LogP contribution in [0.15, 0.2) is 30.3 Å². The minimum absolute atomic E-state index is 0.892. The fourth-order valence-corrected chi connectivity index (χ4v) is 1.82. The maximum atomic E-state index is 3.43. The fourth-order valence-electron chi connectivity index (χ4n) is 1.82. The minimum atomic E-state index is 0.892. The first-order valence-corrected chi connectivity index (χ1v) is 5.41. The molecule has 1 aliphatic heterocycles. The Labute approximate surface area is 85.9 Å². The van der Waals surface area contributed by atoms with Crippen molar-refractivity contribution >= 4 is 5.69 Å². The summed E-state index contributed by atoms with van der Waals surface area (Å²) < 4.78 is 0. The predicted molar refractivity (Wildman–Crippen MR) is 60.0 cm³/mol. The molecule has 0 atom stereocenters. The molecule has 1 aromatic carbocycles. The highest BCUT2D eigenvalue weighted by Crippen LogP contribution is 2.17. The number of benzene rings is 1. The number of hydrogen-bond acceptors (Lipinski definition) is 2. The fraction of sp³-hybridized carbons (Fsp3) is 0.500. The van der Waals surface area contributed by atoms with E-state index in [1.165, 1.54) is 18.5 Å². The van der Waals surface area contributed by atoms with Crippen molar-refractivity contribution in [2.24, 2.45) is 5.92 Å². The lowest BCUT2D eigenvalue weighted by molar-refractivity contribution is 0.227. The van der Waals surface area contributed by atoms with E-state index >= 15 is 0 Å². The zero-order valence-electron chi connectivity index (χ0n) is 8.74. The van der Waals surface area contributed by atoms with Crippen molar-refractivity contribution < 1.29 is 0 Å². The first-order chi connectivity index (χ1) is 6.84. The van der Waals surface area contributed by atoms with Gasteiger partial charge in [-0.15, -0.1) is 0 Å². The summed E-state index contributed by atoms with van der Waals surface area (Å²) >= 11 is 0. The predicted octanol–water partition coefficient (Wildman–Crippen LogP) is 2.75. The van der Waals surface area contributed by atoms with Gasteiger partial charge in [0, 0.05) is 18.8 Å². The molecular weight excluding hydrogens is 172 g/mol. The first-order valence-electron chi connectivity index (χ1n) is 5.41. The van der Waals surface area contributed by atoms with E-state index < -0.39 is 0 Å². The van der Waals surface area contributed by atoms with Crippen molar-refractivity contribution in [3.8, 4) is 0 Å². The summed E-state index contributed by atoms with van der Waals surface area (Å²) in [5.41, 5.74) is 4.63. The van der Waals surface area contributed by atoms with Gasteiger partial charge < -0.3 is 5.43 Å². The summed E-state index contributed by atoms with van der Waals surface area (Å²) in [6, 6.07) is 10.4. The number of hydrogen-bond donors (Lipinski definition) is 1. The summed E-state index contributed by atoms with van der Waals surface area (Å²) in [5.74, 6) is 0.892. The van der Waals surface area contributed by atoms with E-state index in [4.69, 9.17) is 0 Å². The van der Waals surface area contributed by atoms with Crippen LogP contribution in [0.3, 0.4) is 0 Å². The van der Waals surface area contributed by atoms with Gasteiger partial charge in [0.15, 0.2) is 0 Å². The SMILES string of the molecule is CC1CCN(Nc2ccccc2)CC1. The second-order valence-corrected chi connectivity index (χ2v) is 4.15. The normalized spacial score (nSPS) is 19.5. The number of piperidine rings is 1. The van der Waals surface area contributed by atoms with Gasteiger partial charge in [0.1, 0.15) is 0 Å². The zero-order valence-corrected chi connectivity index (χ0v) is 8.74. The third-order valence-corrected chi connectivity index (χ3v) is 2.84. The first kappa shape index (κ1) is 9.53. The smallest absolute Gasteiger partial charge is 0.0490 e. The van der Waals surface area contributed by atoms with Crippen LogP contribution in [0.1, 0.15) is 19.8 Å². The summed E-state index contributed by atoms with van der Waals surface area (Å²) in [6.45, 7) is 4.66. The molecule has 1 heterocycles. The van der Waals surface area contributed by atoms with Crippen LogP contribution in [0.4, 0.5) is 5.69 Å². The molecule has 0 aliphatic carbocycles. The van der Waals surface area contributed by atoms with E-state index in [0.717, 1.165) is 19.0 Å². The highest BCUT2D eigenvalue weighted by Gasteiger charge is 2.14. The molecule has 0 radical (unpaired) electrons. The molecule has 76 valence electrons. The second kappa shape index (κ2) is 4.47. The van der Waals surface area contributed by atoms with Gasteiger partial charge in [0.05, 0.1) is 0 Å². The van der Waals surface area contributed by atoms with Crippen LogP contribution in [-0.4, -0.2) is 18.1 Å². The number of para-hydroxylation sites is 1. The van der Waals surface area contributed by atoms with E-state index in [1.54, 1.807) is 0 Å². The van der Waals surface area contributed by atoms with Gasteiger partial charge >= 0.3 is 0 Å². The Morgan fingerprint density at radius 2 is 1.79 bits per heavy atom. The lowest BCUT2D eigenvalue weighted by Gasteiger charge is -2.31. The number of rotatable bonds is 2. The van der Waals surface area contributed by atoms with Crippen molar-refractivity contribution in [3.63, 3.8) is 0 Å². The Balaban J connectivity index is 1.87. The van der Waals surface area contributed by atoms with Gasteiger partial charge in [0.2, 0.25) is 0 Å². The molecule has 2 heteroatoms. The largest absolute Gasteiger partial charge is 0.319 e. The molecule has 0 saturated carbocycles. The average molecular weight is 190 g/mol. The van der Waals surface area contributed by atoms with Gasteiger partial charge in [-0.25, -0.2) is 5.01 Å². The molecule has 2 rings (SSSR count). The van der Waals surface area contributed by atoms with Crippen molar-refractivity contribution in [3.05, 3.63) is 30.3 Å². The standard InChI is InChI=1S/C12H18N2/c1-11-7-9-14(10-8-11)13-12-5-3-2-4-6-12/h2-6,11,13H,7-10H2,1H3. The van der Waals surface area contributed by atoms with E-state index in [0.29, 0.717) is 0 Å². The van der Waals surface area contributed by atoms with E-state index in [-0.39, 0.29) is 0 Å². The maximum Gasteiger partial charge on any atom is 0.0490 e. The van der Waals surface area contributed by atoms with Crippen molar-refractivity contribution in [1.29, 1.82) is 0 Å². The molecule has 0 unspecified atom stereocenters. The van der Waals surface area contributed by atoms with Gasteiger partial charge in [-0.3, -0.25) is 0 Å². The molecule has 0 amide bonds. The van der Waals surface area contributed by atoms with Gasteiger partial charge in [-0.2, -0.15) is 0 Å². The number of nitrogens with zero attached hydrogens (tertiary/aromatic N) is 1. The Bertz CT molecular complexity index is 263. The topological polar surface area (TPSA) is 15.3 Å². The molecule has 1 aromatic rings. The molecule has 1 fully saturated rings. The number of anilines is 1. The van der Waals surface area contributed by atoms with Crippen LogP contribution in [0.5, 0.6) is 0 Å². The quantitative estimate of drug-likeness (QED) is 0.771. The van der Waals surface area contributed by atoms with Crippen LogP contribution < -0.4 is 5.43 Å². The molecule has 1 saturated heterocycles. The van der Waals surface area contributed by atoms with Crippen LogP contribution in [0.25, 0.3) is 0 Å². The van der Waals surface area contributed by atoms with Crippen LogP contribution in [0.2, 0.25) is 0 Å². The lowest BCUT2D eigenvalue weighted by atomic mass is 10.0. The van der Waals surface area contributed by atoms with Crippen molar-refractivity contribution in [2.75, 3.05) is 18.5 Å². The van der Waals surface area contributed by atoms with E-state index in [2.05, 4.69) is 41.6 Å². The van der Waals surface area contributed by atoms with Crippen LogP contribution in [0, 0.1) is 5.92 Å². The third-order valence-electron chi connectivity index (χ3n) is 2.84. The monoisotopic (exact) mass is 190 g/mol. The molecule has 0 bridgehead atoms. The van der Waals surface area contributed by atoms with Crippen molar-refractivity contribution in [1.82, 2.24) is 5.01 Å². The maximum absolute atomic E-state index is 3.43.